The van der Waals surface area contributed by atoms with Crippen LogP contribution in [-0.4, -0.2) is 22.6 Å². The summed E-state index contributed by atoms with van der Waals surface area (Å²) in [6.45, 7) is 2.74. The van der Waals surface area contributed by atoms with Crippen molar-refractivity contribution in [2.45, 2.75) is 25.8 Å². The minimum atomic E-state index is -0.742. The Hall–Kier alpha value is -0.940. The molecule has 4 nitrogen and oxygen atoms in total. The molecule has 1 atom stereocenters. The van der Waals surface area contributed by atoms with Gasteiger partial charge in [0.25, 0.3) is 0 Å². The molecule has 0 fully saturated rings. The first-order chi connectivity index (χ1) is 6.70. The minimum absolute atomic E-state index is 0.204. The molecule has 1 aromatic heterocycles. The standard InChI is InChI=1S/C9H14N2O2S/c1-7(8-5-14-6-11-8)10-4-2-3-9(12)13/h5-7,10H,2-4H2,1H3,(H,12,13). The zero-order chi connectivity index (χ0) is 10.4. The van der Waals surface area contributed by atoms with E-state index in [9.17, 15) is 4.79 Å². The van der Waals surface area contributed by atoms with Gasteiger partial charge in [0, 0.05) is 17.8 Å². The highest BCUT2D eigenvalue weighted by molar-refractivity contribution is 7.07. The van der Waals surface area contributed by atoms with Crippen LogP contribution in [0.5, 0.6) is 0 Å². The molecule has 1 aromatic rings. The average molecular weight is 214 g/mol. The topological polar surface area (TPSA) is 62.2 Å². The molecule has 0 amide bonds. The van der Waals surface area contributed by atoms with E-state index in [1.807, 2.05) is 12.3 Å². The van der Waals surface area contributed by atoms with Crippen LogP contribution in [0.2, 0.25) is 0 Å². The van der Waals surface area contributed by atoms with Gasteiger partial charge in [-0.25, -0.2) is 4.98 Å². The molecule has 2 N–H and O–H groups in total. The van der Waals surface area contributed by atoms with Crippen LogP contribution >= 0.6 is 11.3 Å². The lowest BCUT2D eigenvalue weighted by molar-refractivity contribution is -0.137. The van der Waals surface area contributed by atoms with Crippen LogP contribution in [0.3, 0.4) is 0 Å². The highest BCUT2D eigenvalue weighted by Crippen LogP contribution is 2.11. The van der Waals surface area contributed by atoms with E-state index in [0.29, 0.717) is 13.0 Å². The number of carboxylic acid groups (broad SMARTS) is 1. The third-order valence-corrected chi connectivity index (χ3v) is 2.52. The van der Waals surface area contributed by atoms with E-state index in [2.05, 4.69) is 10.3 Å². The number of rotatable bonds is 6. The van der Waals surface area contributed by atoms with Crippen molar-refractivity contribution >= 4 is 17.3 Å². The second-order valence-corrected chi connectivity index (χ2v) is 3.81. The van der Waals surface area contributed by atoms with E-state index < -0.39 is 5.97 Å². The molecule has 5 heteroatoms. The Morgan fingerprint density at radius 1 is 1.79 bits per heavy atom. The maximum atomic E-state index is 10.2. The summed E-state index contributed by atoms with van der Waals surface area (Å²) in [5, 5.41) is 13.6. The van der Waals surface area contributed by atoms with Crippen LogP contribution in [-0.2, 0) is 4.79 Å². The van der Waals surface area contributed by atoms with Gasteiger partial charge >= 0.3 is 5.97 Å². The minimum Gasteiger partial charge on any atom is -0.481 e. The van der Waals surface area contributed by atoms with Gasteiger partial charge in [-0.05, 0) is 19.9 Å². The van der Waals surface area contributed by atoms with Gasteiger partial charge in [-0.3, -0.25) is 4.79 Å². The smallest absolute Gasteiger partial charge is 0.303 e. The number of aromatic nitrogens is 1. The number of carbonyl (C=O) groups is 1. The number of nitrogens with zero attached hydrogens (tertiary/aromatic N) is 1. The zero-order valence-electron chi connectivity index (χ0n) is 8.06. The second kappa shape index (κ2) is 5.72. The molecule has 1 rings (SSSR count). The lowest BCUT2D eigenvalue weighted by atomic mass is 10.2. The SMILES string of the molecule is CC(NCCCC(=O)O)c1cscn1. The molecule has 0 saturated carbocycles. The molecule has 0 aliphatic carbocycles. The molecule has 0 spiro atoms. The van der Waals surface area contributed by atoms with Crippen LogP contribution in [0, 0.1) is 0 Å². The Morgan fingerprint density at radius 3 is 3.14 bits per heavy atom. The van der Waals surface area contributed by atoms with Gasteiger partial charge in [0.05, 0.1) is 11.2 Å². The summed E-state index contributed by atoms with van der Waals surface area (Å²) in [6.07, 6.45) is 0.876. The second-order valence-electron chi connectivity index (χ2n) is 3.09. The molecule has 14 heavy (non-hydrogen) atoms. The first kappa shape index (κ1) is 11.1. The van der Waals surface area contributed by atoms with Gasteiger partial charge in [0.1, 0.15) is 0 Å². The van der Waals surface area contributed by atoms with E-state index in [1.165, 1.54) is 0 Å². The van der Waals surface area contributed by atoms with Gasteiger partial charge in [-0.1, -0.05) is 0 Å². The summed E-state index contributed by atoms with van der Waals surface area (Å²) >= 11 is 1.57. The average Bonchev–Trinajstić information content (AvgIpc) is 2.64. The predicted molar refractivity (Wildman–Crippen MR) is 55.4 cm³/mol. The fourth-order valence-corrected chi connectivity index (χ4v) is 1.75. The van der Waals surface area contributed by atoms with Crippen molar-refractivity contribution in [2.24, 2.45) is 0 Å². The van der Waals surface area contributed by atoms with Crippen molar-refractivity contribution in [3.63, 3.8) is 0 Å². The van der Waals surface area contributed by atoms with Crippen LogP contribution in [0.4, 0.5) is 0 Å². The zero-order valence-corrected chi connectivity index (χ0v) is 8.88. The summed E-state index contributed by atoms with van der Waals surface area (Å²) < 4.78 is 0. The summed E-state index contributed by atoms with van der Waals surface area (Å²) in [5.41, 5.74) is 2.82. The number of carboxylic acids is 1. The highest BCUT2D eigenvalue weighted by Gasteiger charge is 2.05. The number of hydrogen-bond acceptors (Lipinski definition) is 4. The highest BCUT2D eigenvalue weighted by atomic mass is 32.1. The molecule has 1 heterocycles. The molecule has 78 valence electrons. The molecule has 0 radical (unpaired) electrons. The van der Waals surface area contributed by atoms with Gasteiger partial charge < -0.3 is 10.4 Å². The molecular formula is C9H14N2O2S. The number of nitrogens with one attached hydrogen (secondary N) is 1. The monoisotopic (exact) mass is 214 g/mol. The van der Waals surface area contributed by atoms with E-state index in [4.69, 9.17) is 5.11 Å². The molecule has 1 unspecified atom stereocenters. The lowest BCUT2D eigenvalue weighted by Crippen LogP contribution is -2.20. The third-order valence-electron chi connectivity index (χ3n) is 1.91. The fraction of sp³-hybridized carbons (Fsp3) is 0.556. The number of thiazole rings is 1. The quantitative estimate of drug-likeness (QED) is 0.707. The van der Waals surface area contributed by atoms with Crippen molar-refractivity contribution in [1.29, 1.82) is 0 Å². The predicted octanol–water partition coefficient (Wildman–Crippen LogP) is 1.66. The van der Waals surface area contributed by atoms with Crippen molar-refractivity contribution in [2.75, 3.05) is 6.54 Å². The van der Waals surface area contributed by atoms with E-state index in [-0.39, 0.29) is 12.5 Å². The lowest BCUT2D eigenvalue weighted by Gasteiger charge is -2.10. The molecule has 0 saturated heterocycles. The third kappa shape index (κ3) is 3.85. The molecule has 0 aliphatic rings. The summed E-state index contributed by atoms with van der Waals surface area (Å²) in [7, 11) is 0. The maximum absolute atomic E-state index is 10.2. The Bertz CT molecular complexity index is 274. The van der Waals surface area contributed by atoms with Crippen LogP contribution in [0.25, 0.3) is 0 Å². The maximum Gasteiger partial charge on any atom is 0.303 e. The normalized spacial score (nSPS) is 12.6. The van der Waals surface area contributed by atoms with Gasteiger partial charge in [-0.15, -0.1) is 11.3 Å². The first-order valence-corrected chi connectivity index (χ1v) is 5.47. The van der Waals surface area contributed by atoms with Gasteiger partial charge in [-0.2, -0.15) is 0 Å². The Morgan fingerprint density at radius 2 is 2.57 bits per heavy atom. The largest absolute Gasteiger partial charge is 0.481 e. The summed E-state index contributed by atoms with van der Waals surface area (Å²) in [5.74, 6) is -0.742. The number of hydrogen-bond donors (Lipinski definition) is 2. The Kier molecular flexibility index (Phi) is 4.55. The van der Waals surface area contributed by atoms with Crippen LogP contribution in [0.15, 0.2) is 10.9 Å². The Balaban J connectivity index is 2.16. The fourth-order valence-electron chi connectivity index (χ4n) is 1.10. The van der Waals surface area contributed by atoms with Crippen molar-refractivity contribution in [1.82, 2.24) is 10.3 Å². The molecular weight excluding hydrogens is 200 g/mol. The van der Waals surface area contributed by atoms with Crippen molar-refractivity contribution in [3.05, 3.63) is 16.6 Å². The molecule has 0 aliphatic heterocycles. The van der Waals surface area contributed by atoms with Crippen LogP contribution in [0.1, 0.15) is 31.5 Å². The van der Waals surface area contributed by atoms with Crippen LogP contribution < -0.4 is 5.32 Å². The summed E-state index contributed by atoms with van der Waals surface area (Å²) in [6, 6.07) is 0.204. The molecule has 0 aromatic carbocycles. The number of aliphatic carboxylic acids is 1. The first-order valence-electron chi connectivity index (χ1n) is 4.53. The van der Waals surface area contributed by atoms with Crippen molar-refractivity contribution < 1.29 is 9.90 Å². The Labute approximate surface area is 87.0 Å². The van der Waals surface area contributed by atoms with E-state index in [1.54, 1.807) is 16.8 Å². The van der Waals surface area contributed by atoms with Crippen molar-refractivity contribution in [3.8, 4) is 0 Å². The van der Waals surface area contributed by atoms with Gasteiger partial charge in [0.15, 0.2) is 0 Å². The van der Waals surface area contributed by atoms with E-state index in [0.717, 1.165) is 5.69 Å². The molecule has 0 bridgehead atoms. The van der Waals surface area contributed by atoms with Gasteiger partial charge in [0.2, 0.25) is 0 Å². The summed E-state index contributed by atoms with van der Waals surface area (Å²) in [4.78, 5) is 14.4. The van der Waals surface area contributed by atoms with E-state index >= 15 is 0 Å².